The maximum absolute atomic E-state index is 10.5. The van der Waals surface area contributed by atoms with Crippen LogP contribution in [0.5, 0.6) is 0 Å². The standard InChI is InChI=1S/C15H16ClNO/c16-15(18)7-5-3-1-2-4-6-13-8-10-14(12-17)11-9-13/h4,6,8-11H,1-3,5,7H2/b6-4+. The van der Waals surface area contributed by atoms with E-state index in [1.807, 2.05) is 30.3 Å². The van der Waals surface area contributed by atoms with Gasteiger partial charge in [-0.25, -0.2) is 0 Å². The van der Waals surface area contributed by atoms with E-state index < -0.39 is 0 Å². The molecule has 1 aromatic rings. The number of nitrogens with zero attached hydrogens (tertiary/aromatic N) is 1. The molecule has 0 heterocycles. The van der Waals surface area contributed by atoms with Gasteiger partial charge in [-0.05, 0) is 48.6 Å². The third-order valence-electron chi connectivity index (χ3n) is 2.59. The number of benzene rings is 1. The maximum Gasteiger partial charge on any atom is 0.221 e. The van der Waals surface area contributed by atoms with Crippen LogP contribution in [-0.2, 0) is 4.79 Å². The Kier molecular flexibility index (Phi) is 6.83. The molecule has 0 radical (unpaired) electrons. The molecule has 0 unspecified atom stereocenters. The molecule has 0 atom stereocenters. The van der Waals surface area contributed by atoms with Gasteiger partial charge >= 0.3 is 0 Å². The molecule has 0 spiro atoms. The summed E-state index contributed by atoms with van der Waals surface area (Å²) in [5.41, 5.74) is 1.78. The van der Waals surface area contributed by atoms with Crippen LogP contribution in [-0.4, -0.2) is 5.24 Å². The maximum atomic E-state index is 10.5. The number of unbranched alkanes of at least 4 members (excludes halogenated alkanes) is 3. The lowest BCUT2D eigenvalue weighted by Gasteiger charge is -1.96. The predicted molar refractivity (Wildman–Crippen MR) is 74.1 cm³/mol. The second-order valence-corrected chi connectivity index (χ2v) is 4.51. The normalized spacial score (nSPS) is 10.4. The SMILES string of the molecule is N#Cc1ccc(/C=C/CCCCCC(=O)Cl)cc1. The van der Waals surface area contributed by atoms with E-state index in [-0.39, 0.29) is 5.24 Å². The number of nitriles is 1. The molecule has 0 aliphatic rings. The summed E-state index contributed by atoms with van der Waals surface area (Å²) in [7, 11) is 0. The van der Waals surface area contributed by atoms with Crippen molar-refractivity contribution in [1.82, 2.24) is 0 Å². The summed E-state index contributed by atoms with van der Waals surface area (Å²) in [5, 5.41) is 8.42. The first-order chi connectivity index (χ1) is 8.72. The Hall–Kier alpha value is -1.59. The molecule has 94 valence electrons. The van der Waals surface area contributed by atoms with E-state index in [4.69, 9.17) is 16.9 Å². The highest BCUT2D eigenvalue weighted by Crippen LogP contribution is 2.09. The van der Waals surface area contributed by atoms with Gasteiger partial charge in [0, 0.05) is 6.42 Å². The van der Waals surface area contributed by atoms with Gasteiger partial charge < -0.3 is 0 Å². The van der Waals surface area contributed by atoms with Gasteiger partial charge in [0.05, 0.1) is 11.6 Å². The average Bonchev–Trinajstić information content (AvgIpc) is 2.38. The lowest BCUT2D eigenvalue weighted by Crippen LogP contribution is -1.85. The smallest absolute Gasteiger partial charge is 0.221 e. The van der Waals surface area contributed by atoms with Crippen LogP contribution in [0.25, 0.3) is 6.08 Å². The molecular formula is C15H16ClNO. The Labute approximate surface area is 113 Å². The van der Waals surface area contributed by atoms with Crippen LogP contribution in [0.3, 0.4) is 0 Å². The number of allylic oxidation sites excluding steroid dienone is 1. The number of halogens is 1. The van der Waals surface area contributed by atoms with E-state index in [1.165, 1.54) is 0 Å². The van der Waals surface area contributed by atoms with Gasteiger partial charge in [0.25, 0.3) is 0 Å². The number of rotatable bonds is 7. The average molecular weight is 262 g/mol. The number of hydrogen-bond donors (Lipinski definition) is 0. The Balaban J connectivity index is 2.20. The largest absolute Gasteiger partial charge is 0.281 e. The molecule has 0 fully saturated rings. The van der Waals surface area contributed by atoms with Gasteiger partial charge in [-0.3, -0.25) is 4.79 Å². The molecule has 0 aliphatic heterocycles. The van der Waals surface area contributed by atoms with Crippen molar-refractivity contribution in [3.8, 4) is 6.07 Å². The number of carbonyl (C=O) groups is 1. The molecule has 0 aromatic heterocycles. The van der Waals surface area contributed by atoms with Crippen molar-refractivity contribution in [2.24, 2.45) is 0 Å². The summed E-state index contributed by atoms with van der Waals surface area (Å²) in [6.07, 6.45) is 8.59. The fourth-order valence-electron chi connectivity index (χ4n) is 1.59. The van der Waals surface area contributed by atoms with Crippen molar-refractivity contribution in [1.29, 1.82) is 5.26 Å². The fourth-order valence-corrected chi connectivity index (χ4v) is 1.72. The summed E-state index contributed by atoms with van der Waals surface area (Å²) in [6, 6.07) is 9.58. The molecule has 3 heteroatoms. The van der Waals surface area contributed by atoms with E-state index in [9.17, 15) is 4.79 Å². The van der Waals surface area contributed by atoms with Gasteiger partial charge in [0.1, 0.15) is 0 Å². The first-order valence-corrected chi connectivity index (χ1v) is 6.45. The van der Waals surface area contributed by atoms with E-state index in [1.54, 1.807) is 0 Å². The van der Waals surface area contributed by atoms with Crippen LogP contribution < -0.4 is 0 Å². The third kappa shape index (κ3) is 6.22. The summed E-state index contributed by atoms with van der Waals surface area (Å²) < 4.78 is 0. The highest BCUT2D eigenvalue weighted by molar-refractivity contribution is 6.63. The van der Waals surface area contributed by atoms with Crippen molar-refractivity contribution in [3.63, 3.8) is 0 Å². The molecule has 0 N–H and O–H groups in total. The Bertz CT molecular complexity index is 443. The highest BCUT2D eigenvalue weighted by atomic mass is 35.5. The Morgan fingerprint density at radius 2 is 1.94 bits per heavy atom. The molecule has 18 heavy (non-hydrogen) atoms. The first-order valence-electron chi connectivity index (χ1n) is 6.07. The molecule has 2 nitrogen and oxygen atoms in total. The second-order valence-electron chi connectivity index (χ2n) is 4.09. The molecule has 0 amide bonds. The summed E-state index contributed by atoms with van der Waals surface area (Å²) in [5.74, 6) is 0. The quantitative estimate of drug-likeness (QED) is 0.543. The lowest BCUT2D eigenvalue weighted by molar-refractivity contribution is -0.111. The van der Waals surface area contributed by atoms with E-state index in [0.29, 0.717) is 12.0 Å². The minimum absolute atomic E-state index is 0.247. The zero-order chi connectivity index (χ0) is 13.2. The zero-order valence-electron chi connectivity index (χ0n) is 10.2. The molecule has 0 aliphatic carbocycles. The molecule has 0 saturated carbocycles. The summed E-state index contributed by atoms with van der Waals surface area (Å²) in [6.45, 7) is 0. The minimum Gasteiger partial charge on any atom is -0.281 e. The van der Waals surface area contributed by atoms with Gasteiger partial charge in [-0.2, -0.15) is 5.26 Å². The van der Waals surface area contributed by atoms with Crippen LogP contribution in [0.15, 0.2) is 30.3 Å². The Morgan fingerprint density at radius 1 is 1.22 bits per heavy atom. The lowest BCUT2D eigenvalue weighted by atomic mass is 10.1. The van der Waals surface area contributed by atoms with Crippen molar-refractivity contribution < 1.29 is 4.79 Å². The molecule has 0 bridgehead atoms. The molecule has 1 rings (SSSR count). The van der Waals surface area contributed by atoms with Crippen molar-refractivity contribution in [2.75, 3.05) is 0 Å². The van der Waals surface area contributed by atoms with Gasteiger partial charge in [0.15, 0.2) is 0 Å². The van der Waals surface area contributed by atoms with Crippen molar-refractivity contribution >= 4 is 22.9 Å². The van der Waals surface area contributed by atoms with Gasteiger partial charge in [-0.1, -0.05) is 30.7 Å². The first kappa shape index (κ1) is 14.5. The predicted octanol–water partition coefficient (Wildman–Crippen LogP) is 4.29. The number of hydrogen-bond acceptors (Lipinski definition) is 2. The van der Waals surface area contributed by atoms with Crippen molar-refractivity contribution in [3.05, 3.63) is 41.5 Å². The van der Waals surface area contributed by atoms with Crippen molar-refractivity contribution in [2.45, 2.75) is 32.1 Å². The molecular weight excluding hydrogens is 246 g/mol. The monoisotopic (exact) mass is 261 g/mol. The van der Waals surface area contributed by atoms with Gasteiger partial charge in [0.2, 0.25) is 5.24 Å². The Morgan fingerprint density at radius 3 is 2.56 bits per heavy atom. The summed E-state index contributed by atoms with van der Waals surface area (Å²) >= 11 is 5.25. The van der Waals surface area contributed by atoms with Crippen LogP contribution in [0.1, 0.15) is 43.2 Å². The van der Waals surface area contributed by atoms with Gasteiger partial charge in [-0.15, -0.1) is 0 Å². The van der Waals surface area contributed by atoms with E-state index >= 15 is 0 Å². The molecule has 1 aromatic carbocycles. The fraction of sp³-hybridized carbons (Fsp3) is 0.333. The van der Waals surface area contributed by atoms with Crippen LogP contribution >= 0.6 is 11.6 Å². The third-order valence-corrected chi connectivity index (χ3v) is 2.78. The van der Waals surface area contributed by atoms with Crippen LogP contribution in [0.2, 0.25) is 0 Å². The zero-order valence-corrected chi connectivity index (χ0v) is 11.0. The highest BCUT2D eigenvalue weighted by Gasteiger charge is 1.94. The second kappa shape index (κ2) is 8.49. The van der Waals surface area contributed by atoms with Crippen LogP contribution in [0, 0.1) is 11.3 Å². The summed E-state index contributed by atoms with van der Waals surface area (Å²) in [4.78, 5) is 10.5. The minimum atomic E-state index is -0.247. The number of carbonyl (C=O) groups excluding carboxylic acids is 1. The van der Waals surface area contributed by atoms with E-state index in [0.717, 1.165) is 31.2 Å². The molecule has 0 saturated heterocycles. The topological polar surface area (TPSA) is 40.9 Å². The van der Waals surface area contributed by atoms with Crippen LogP contribution in [0.4, 0.5) is 0 Å². The van der Waals surface area contributed by atoms with E-state index in [2.05, 4.69) is 12.1 Å².